The van der Waals surface area contributed by atoms with Crippen LogP contribution in [0.2, 0.25) is 0 Å². The van der Waals surface area contributed by atoms with Gasteiger partial charge in [-0.15, -0.1) is 6.58 Å². The van der Waals surface area contributed by atoms with Crippen molar-refractivity contribution in [3.8, 4) is 11.4 Å². The van der Waals surface area contributed by atoms with E-state index in [0.29, 0.717) is 12.4 Å². The Hall–Kier alpha value is -2.80. The maximum atomic E-state index is 4.48. The van der Waals surface area contributed by atoms with E-state index in [9.17, 15) is 0 Å². The molecule has 3 aromatic rings. The van der Waals surface area contributed by atoms with E-state index in [1.54, 1.807) is 12.4 Å². The van der Waals surface area contributed by atoms with E-state index in [4.69, 9.17) is 0 Å². The molecule has 3 heterocycles. The number of H-pyrrole nitrogens is 1. The maximum Gasteiger partial charge on any atom is 0.181 e. The van der Waals surface area contributed by atoms with Gasteiger partial charge in [-0.1, -0.05) is 6.08 Å². The van der Waals surface area contributed by atoms with Crippen LogP contribution in [-0.2, 0) is 19.6 Å². The van der Waals surface area contributed by atoms with E-state index in [1.165, 1.54) is 5.56 Å². The molecule has 7 heteroatoms. The number of nitrogens with one attached hydrogen (secondary N) is 2. The fourth-order valence-electron chi connectivity index (χ4n) is 2.28. The summed E-state index contributed by atoms with van der Waals surface area (Å²) >= 11 is 0. The Morgan fingerprint density at radius 3 is 2.91 bits per heavy atom. The fraction of sp³-hybridized carbons (Fsp3) is 0.250. The first-order valence-corrected chi connectivity index (χ1v) is 7.42. The zero-order valence-electron chi connectivity index (χ0n) is 13.0. The van der Waals surface area contributed by atoms with Crippen molar-refractivity contribution in [2.24, 2.45) is 0 Å². The van der Waals surface area contributed by atoms with Gasteiger partial charge in [-0.2, -0.15) is 10.2 Å². The number of rotatable bonds is 7. The summed E-state index contributed by atoms with van der Waals surface area (Å²) in [5, 5.41) is 15.0. The third kappa shape index (κ3) is 3.70. The zero-order valence-corrected chi connectivity index (χ0v) is 13.0. The number of pyridine rings is 1. The summed E-state index contributed by atoms with van der Waals surface area (Å²) in [4.78, 5) is 8.47. The highest BCUT2D eigenvalue weighted by molar-refractivity contribution is 5.52. The molecular formula is C16H19N7. The second kappa shape index (κ2) is 6.97. The van der Waals surface area contributed by atoms with Gasteiger partial charge in [-0.05, 0) is 19.1 Å². The molecule has 3 aromatic heterocycles. The lowest BCUT2D eigenvalue weighted by Crippen LogP contribution is -2.14. The van der Waals surface area contributed by atoms with Crippen LogP contribution >= 0.6 is 0 Å². The standard InChI is InChI=1S/C16H19N7/c1-3-8-23-11-14(12(2)22-23)9-18-10-15-19-16(21-20-15)13-4-6-17-7-5-13/h3-7,11,18H,1,8-10H2,2H3,(H,19,20,21). The van der Waals surface area contributed by atoms with Crippen molar-refractivity contribution in [1.29, 1.82) is 0 Å². The van der Waals surface area contributed by atoms with Crippen LogP contribution < -0.4 is 5.32 Å². The Balaban J connectivity index is 1.57. The predicted octanol–water partition coefficient (Wildman–Crippen LogP) is 1.85. The molecular weight excluding hydrogens is 290 g/mol. The maximum absolute atomic E-state index is 4.48. The van der Waals surface area contributed by atoms with Crippen LogP contribution in [0.5, 0.6) is 0 Å². The molecule has 7 nitrogen and oxygen atoms in total. The first-order valence-electron chi connectivity index (χ1n) is 7.42. The van der Waals surface area contributed by atoms with Crippen molar-refractivity contribution in [3.63, 3.8) is 0 Å². The minimum atomic E-state index is 0.615. The number of aromatic amines is 1. The Labute approximate surface area is 134 Å². The van der Waals surface area contributed by atoms with Crippen LogP contribution in [-0.4, -0.2) is 29.9 Å². The van der Waals surface area contributed by atoms with Crippen LogP contribution in [0.3, 0.4) is 0 Å². The molecule has 0 aliphatic carbocycles. The molecule has 0 spiro atoms. The number of hydrogen-bond acceptors (Lipinski definition) is 5. The molecule has 2 N–H and O–H groups in total. The van der Waals surface area contributed by atoms with Gasteiger partial charge in [0.1, 0.15) is 5.82 Å². The van der Waals surface area contributed by atoms with Gasteiger partial charge in [0.2, 0.25) is 0 Å². The largest absolute Gasteiger partial charge is 0.306 e. The topological polar surface area (TPSA) is 84.3 Å². The average Bonchev–Trinajstić information content (AvgIpc) is 3.16. The molecule has 0 unspecified atom stereocenters. The summed E-state index contributed by atoms with van der Waals surface area (Å²) in [5.74, 6) is 1.48. The molecule has 0 fully saturated rings. The molecule has 0 aliphatic heterocycles. The lowest BCUT2D eigenvalue weighted by Gasteiger charge is -2.00. The summed E-state index contributed by atoms with van der Waals surface area (Å²) in [6, 6.07) is 3.77. The van der Waals surface area contributed by atoms with Crippen LogP contribution in [0.4, 0.5) is 0 Å². The first kappa shape index (κ1) is 15.1. The van der Waals surface area contributed by atoms with Gasteiger partial charge in [0.25, 0.3) is 0 Å². The molecule has 0 radical (unpaired) electrons. The Bertz CT molecular complexity index is 773. The summed E-state index contributed by atoms with van der Waals surface area (Å²) in [5.41, 5.74) is 3.14. The summed E-state index contributed by atoms with van der Waals surface area (Å²) in [7, 11) is 0. The SMILES string of the molecule is C=CCn1cc(CNCc2nc(-c3ccncc3)n[nH]2)c(C)n1. The highest BCUT2D eigenvalue weighted by Gasteiger charge is 2.07. The molecule has 0 aromatic carbocycles. The second-order valence-corrected chi connectivity index (χ2v) is 5.20. The minimum absolute atomic E-state index is 0.615. The lowest BCUT2D eigenvalue weighted by atomic mass is 10.2. The highest BCUT2D eigenvalue weighted by atomic mass is 15.3. The molecule has 0 aliphatic rings. The van der Waals surface area contributed by atoms with E-state index in [2.05, 4.69) is 37.2 Å². The molecule has 0 bridgehead atoms. The van der Waals surface area contributed by atoms with Crippen LogP contribution in [0.25, 0.3) is 11.4 Å². The molecule has 118 valence electrons. The van der Waals surface area contributed by atoms with Crippen LogP contribution in [0.15, 0.2) is 43.4 Å². The molecule has 23 heavy (non-hydrogen) atoms. The van der Waals surface area contributed by atoms with Crippen molar-refractivity contribution in [3.05, 3.63) is 60.5 Å². The first-order chi connectivity index (χ1) is 11.3. The van der Waals surface area contributed by atoms with Gasteiger partial charge in [-0.25, -0.2) is 4.98 Å². The number of nitrogens with zero attached hydrogens (tertiary/aromatic N) is 5. The van der Waals surface area contributed by atoms with Crippen molar-refractivity contribution >= 4 is 0 Å². The highest BCUT2D eigenvalue weighted by Crippen LogP contribution is 2.12. The fourth-order valence-corrected chi connectivity index (χ4v) is 2.28. The second-order valence-electron chi connectivity index (χ2n) is 5.20. The normalized spacial score (nSPS) is 10.8. The van der Waals surface area contributed by atoms with E-state index in [0.717, 1.165) is 30.2 Å². The van der Waals surface area contributed by atoms with Crippen molar-refractivity contribution in [1.82, 2.24) is 35.3 Å². The van der Waals surface area contributed by atoms with Gasteiger partial charge in [0.05, 0.1) is 18.8 Å². The van der Waals surface area contributed by atoms with Gasteiger partial charge in [-0.3, -0.25) is 14.8 Å². The molecule has 0 saturated carbocycles. The lowest BCUT2D eigenvalue weighted by molar-refractivity contribution is 0.661. The number of aromatic nitrogens is 6. The van der Waals surface area contributed by atoms with Gasteiger partial charge >= 0.3 is 0 Å². The Morgan fingerprint density at radius 2 is 2.13 bits per heavy atom. The van der Waals surface area contributed by atoms with Crippen molar-refractivity contribution < 1.29 is 0 Å². The summed E-state index contributed by atoms with van der Waals surface area (Å²) in [6.07, 6.45) is 7.33. The van der Waals surface area contributed by atoms with Gasteiger partial charge < -0.3 is 5.32 Å². The van der Waals surface area contributed by atoms with Crippen molar-refractivity contribution in [2.75, 3.05) is 0 Å². The van der Waals surface area contributed by atoms with Crippen molar-refractivity contribution in [2.45, 2.75) is 26.6 Å². The van der Waals surface area contributed by atoms with E-state index >= 15 is 0 Å². The van der Waals surface area contributed by atoms with Gasteiger partial charge in [0, 0.05) is 36.3 Å². The quantitative estimate of drug-likeness (QED) is 0.651. The molecule has 3 rings (SSSR count). The molecule has 0 amide bonds. The summed E-state index contributed by atoms with van der Waals surface area (Å²) < 4.78 is 1.88. The predicted molar refractivity (Wildman–Crippen MR) is 87.3 cm³/mol. The number of aryl methyl sites for hydroxylation is 1. The third-order valence-electron chi connectivity index (χ3n) is 3.44. The van der Waals surface area contributed by atoms with Gasteiger partial charge in [0.15, 0.2) is 5.82 Å². The number of allylic oxidation sites excluding steroid dienone is 1. The van der Waals surface area contributed by atoms with Crippen LogP contribution in [0.1, 0.15) is 17.1 Å². The minimum Gasteiger partial charge on any atom is -0.306 e. The third-order valence-corrected chi connectivity index (χ3v) is 3.44. The summed E-state index contributed by atoms with van der Waals surface area (Å²) in [6.45, 7) is 7.80. The van der Waals surface area contributed by atoms with Crippen LogP contribution in [0, 0.1) is 6.92 Å². The molecule has 0 saturated heterocycles. The van der Waals surface area contributed by atoms with E-state index < -0.39 is 0 Å². The Morgan fingerprint density at radius 1 is 1.30 bits per heavy atom. The smallest absolute Gasteiger partial charge is 0.181 e. The Kier molecular flexibility index (Phi) is 4.58. The monoisotopic (exact) mass is 309 g/mol. The van der Waals surface area contributed by atoms with E-state index in [1.807, 2.05) is 36.0 Å². The zero-order chi connectivity index (χ0) is 16.1. The van der Waals surface area contributed by atoms with E-state index in [-0.39, 0.29) is 0 Å². The molecule has 0 atom stereocenters. The number of hydrogen-bond donors (Lipinski definition) is 2. The average molecular weight is 309 g/mol.